The van der Waals surface area contributed by atoms with E-state index in [1.165, 1.54) is 0 Å². The summed E-state index contributed by atoms with van der Waals surface area (Å²) in [7, 11) is 0. The van der Waals surface area contributed by atoms with E-state index < -0.39 is 11.7 Å². The number of amides is 1. The lowest BCUT2D eigenvalue weighted by Gasteiger charge is -2.19. The van der Waals surface area contributed by atoms with Crippen LogP contribution in [0.25, 0.3) is 0 Å². The number of ether oxygens (including phenoxy) is 1. The lowest BCUT2D eigenvalue weighted by molar-refractivity contribution is 0.0528. The van der Waals surface area contributed by atoms with Crippen LogP contribution in [0.5, 0.6) is 5.75 Å². The lowest BCUT2D eigenvalue weighted by Crippen LogP contribution is -2.36. The molecule has 0 radical (unpaired) electrons. The number of halogens is 1. The normalized spacial score (nSPS) is 11.2. The maximum atomic E-state index is 11.4. The van der Waals surface area contributed by atoms with Crippen molar-refractivity contribution in [3.05, 3.63) is 28.2 Å². The molecule has 0 saturated heterocycles. The summed E-state index contributed by atoms with van der Waals surface area (Å²) < 4.78 is 5.79. The second kappa shape index (κ2) is 7.50. The highest BCUT2D eigenvalue weighted by Crippen LogP contribution is 2.24. The number of alkyl carbamates (subject to hydrolysis) is 1. The van der Waals surface area contributed by atoms with Gasteiger partial charge >= 0.3 is 6.09 Å². The number of aromatic hydroxyl groups is 1. The van der Waals surface area contributed by atoms with Gasteiger partial charge in [0, 0.05) is 19.6 Å². The molecule has 1 aromatic carbocycles. The van der Waals surface area contributed by atoms with Gasteiger partial charge in [-0.2, -0.15) is 0 Å². The minimum atomic E-state index is -0.476. The molecule has 0 fully saturated rings. The smallest absolute Gasteiger partial charge is 0.407 e. The molecule has 0 aliphatic carbocycles. The van der Waals surface area contributed by atoms with Gasteiger partial charge < -0.3 is 20.5 Å². The van der Waals surface area contributed by atoms with Crippen molar-refractivity contribution < 1.29 is 14.6 Å². The van der Waals surface area contributed by atoms with Crippen molar-refractivity contribution >= 4 is 22.0 Å². The molecule has 1 aromatic rings. The molecule has 3 N–H and O–H groups in total. The zero-order chi connectivity index (χ0) is 15.2. The second-order valence-electron chi connectivity index (χ2n) is 5.39. The maximum absolute atomic E-state index is 11.4. The number of carbonyl (C=O) groups excluding carboxylic acids is 1. The van der Waals surface area contributed by atoms with E-state index in [1.807, 2.05) is 32.9 Å². The molecule has 20 heavy (non-hydrogen) atoms. The van der Waals surface area contributed by atoms with Crippen molar-refractivity contribution in [2.45, 2.75) is 32.9 Å². The van der Waals surface area contributed by atoms with Gasteiger partial charge in [-0.3, -0.25) is 0 Å². The predicted molar refractivity (Wildman–Crippen MR) is 81.8 cm³/mol. The first kappa shape index (κ1) is 16.8. The van der Waals surface area contributed by atoms with Crippen LogP contribution in [0, 0.1) is 0 Å². The Kier molecular flexibility index (Phi) is 6.29. The Balaban J connectivity index is 2.19. The Bertz CT molecular complexity index is 458. The zero-order valence-electron chi connectivity index (χ0n) is 12.0. The third-order valence-electron chi connectivity index (χ3n) is 2.31. The Morgan fingerprint density at radius 3 is 2.65 bits per heavy atom. The molecule has 0 unspecified atom stereocenters. The van der Waals surface area contributed by atoms with E-state index in [1.54, 1.807) is 6.07 Å². The number of nitrogens with one attached hydrogen (secondary N) is 2. The van der Waals surface area contributed by atoms with Crippen LogP contribution in [0.15, 0.2) is 22.7 Å². The lowest BCUT2D eigenvalue weighted by atomic mass is 10.2. The van der Waals surface area contributed by atoms with Crippen LogP contribution in [0.4, 0.5) is 4.79 Å². The molecule has 0 saturated carbocycles. The Labute approximate surface area is 127 Å². The van der Waals surface area contributed by atoms with Gasteiger partial charge in [-0.15, -0.1) is 0 Å². The van der Waals surface area contributed by atoms with Gasteiger partial charge in [0.1, 0.15) is 11.4 Å². The number of hydrogen-bond acceptors (Lipinski definition) is 4. The zero-order valence-corrected chi connectivity index (χ0v) is 13.6. The highest BCUT2D eigenvalue weighted by molar-refractivity contribution is 9.10. The van der Waals surface area contributed by atoms with Crippen molar-refractivity contribution in [2.24, 2.45) is 0 Å². The average molecular weight is 345 g/mol. The minimum absolute atomic E-state index is 0.223. The minimum Gasteiger partial charge on any atom is -0.507 e. The molecule has 1 amide bonds. The fourth-order valence-corrected chi connectivity index (χ4v) is 1.89. The molecule has 0 bridgehead atoms. The van der Waals surface area contributed by atoms with Gasteiger partial charge in [0.25, 0.3) is 0 Å². The summed E-state index contributed by atoms with van der Waals surface area (Å²) in [6, 6.07) is 5.33. The number of benzene rings is 1. The molecule has 0 spiro atoms. The number of phenols is 1. The number of rotatable bonds is 5. The van der Waals surface area contributed by atoms with Gasteiger partial charge in [0.05, 0.1) is 4.47 Å². The fourth-order valence-electron chi connectivity index (χ4n) is 1.46. The SMILES string of the molecule is CC(C)(C)OC(=O)NCCNCc1ccc(O)c(Br)c1. The monoisotopic (exact) mass is 344 g/mol. The molecule has 6 heteroatoms. The highest BCUT2D eigenvalue weighted by Gasteiger charge is 2.15. The predicted octanol–water partition coefficient (Wildman–Crippen LogP) is 2.77. The summed E-state index contributed by atoms with van der Waals surface area (Å²) in [6.07, 6.45) is -0.410. The van der Waals surface area contributed by atoms with E-state index >= 15 is 0 Å². The molecule has 0 aromatic heterocycles. The number of carbonyl (C=O) groups is 1. The first-order chi connectivity index (χ1) is 9.28. The molecule has 0 heterocycles. The van der Waals surface area contributed by atoms with Crippen molar-refractivity contribution in [3.63, 3.8) is 0 Å². The summed E-state index contributed by atoms with van der Waals surface area (Å²) in [5.41, 5.74) is 0.572. The summed E-state index contributed by atoms with van der Waals surface area (Å²) in [5, 5.41) is 15.2. The van der Waals surface area contributed by atoms with Gasteiger partial charge in [-0.05, 0) is 54.4 Å². The van der Waals surface area contributed by atoms with Crippen molar-refractivity contribution in [1.82, 2.24) is 10.6 Å². The van der Waals surface area contributed by atoms with Crippen LogP contribution in [-0.2, 0) is 11.3 Å². The summed E-state index contributed by atoms with van der Waals surface area (Å²) in [6.45, 7) is 7.27. The summed E-state index contributed by atoms with van der Waals surface area (Å²) >= 11 is 3.26. The van der Waals surface area contributed by atoms with Gasteiger partial charge in [-0.25, -0.2) is 4.79 Å². The largest absolute Gasteiger partial charge is 0.507 e. The maximum Gasteiger partial charge on any atom is 0.407 e. The van der Waals surface area contributed by atoms with Crippen LogP contribution < -0.4 is 10.6 Å². The van der Waals surface area contributed by atoms with Crippen LogP contribution in [0.1, 0.15) is 26.3 Å². The summed E-state index contributed by atoms with van der Waals surface area (Å²) in [5.74, 6) is 0.223. The van der Waals surface area contributed by atoms with E-state index in [4.69, 9.17) is 4.74 Å². The standard InChI is InChI=1S/C14H21BrN2O3/c1-14(2,3)20-13(19)17-7-6-16-9-10-4-5-12(18)11(15)8-10/h4-5,8,16,18H,6-7,9H2,1-3H3,(H,17,19). The van der Waals surface area contributed by atoms with E-state index in [0.717, 1.165) is 5.56 Å². The Morgan fingerprint density at radius 2 is 2.05 bits per heavy atom. The highest BCUT2D eigenvalue weighted by atomic mass is 79.9. The Morgan fingerprint density at radius 1 is 1.35 bits per heavy atom. The second-order valence-corrected chi connectivity index (χ2v) is 6.25. The Hall–Kier alpha value is -1.27. The number of phenolic OH excluding ortho intramolecular Hbond substituents is 1. The van der Waals surface area contributed by atoms with E-state index in [0.29, 0.717) is 24.1 Å². The molecule has 0 aliphatic rings. The van der Waals surface area contributed by atoms with Crippen LogP contribution in [0.3, 0.4) is 0 Å². The molecule has 112 valence electrons. The van der Waals surface area contributed by atoms with E-state index in [9.17, 15) is 9.90 Å². The van der Waals surface area contributed by atoms with Gasteiger partial charge in [0.2, 0.25) is 0 Å². The van der Waals surface area contributed by atoms with Crippen LogP contribution >= 0.6 is 15.9 Å². The first-order valence-corrected chi connectivity index (χ1v) is 7.22. The van der Waals surface area contributed by atoms with Gasteiger partial charge in [-0.1, -0.05) is 6.07 Å². The molecule has 5 nitrogen and oxygen atoms in total. The third kappa shape index (κ3) is 6.77. The van der Waals surface area contributed by atoms with E-state index in [-0.39, 0.29) is 5.75 Å². The third-order valence-corrected chi connectivity index (χ3v) is 2.95. The van der Waals surface area contributed by atoms with E-state index in [2.05, 4.69) is 26.6 Å². The van der Waals surface area contributed by atoms with Crippen LogP contribution in [-0.4, -0.2) is 29.9 Å². The molecular formula is C14H21BrN2O3. The van der Waals surface area contributed by atoms with Crippen molar-refractivity contribution in [3.8, 4) is 5.75 Å². The van der Waals surface area contributed by atoms with Gasteiger partial charge in [0.15, 0.2) is 0 Å². The van der Waals surface area contributed by atoms with Crippen molar-refractivity contribution in [1.29, 1.82) is 0 Å². The molecule has 0 atom stereocenters. The quantitative estimate of drug-likeness (QED) is 0.718. The average Bonchev–Trinajstić information content (AvgIpc) is 2.31. The van der Waals surface area contributed by atoms with Crippen LogP contribution in [0.2, 0.25) is 0 Å². The number of hydrogen-bond donors (Lipinski definition) is 3. The molecule has 1 rings (SSSR count). The molecular weight excluding hydrogens is 324 g/mol. The topological polar surface area (TPSA) is 70.6 Å². The fraction of sp³-hybridized carbons (Fsp3) is 0.500. The summed E-state index contributed by atoms with van der Waals surface area (Å²) in [4.78, 5) is 11.4. The molecule has 0 aliphatic heterocycles. The van der Waals surface area contributed by atoms with Crippen molar-refractivity contribution in [2.75, 3.05) is 13.1 Å². The first-order valence-electron chi connectivity index (χ1n) is 6.43.